The van der Waals surface area contributed by atoms with E-state index in [1.807, 2.05) is 45.0 Å². The van der Waals surface area contributed by atoms with E-state index in [9.17, 15) is 18.0 Å². The van der Waals surface area contributed by atoms with Crippen LogP contribution in [-0.2, 0) is 26.0 Å². The van der Waals surface area contributed by atoms with E-state index >= 15 is 0 Å². The summed E-state index contributed by atoms with van der Waals surface area (Å²) >= 11 is 0. The number of para-hydroxylation sites is 1. The number of nitrogens with zero attached hydrogens (tertiary/aromatic N) is 2. The van der Waals surface area contributed by atoms with Gasteiger partial charge in [0, 0.05) is 31.6 Å². The molecule has 0 spiro atoms. The summed E-state index contributed by atoms with van der Waals surface area (Å²) in [6.07, 6.45) is 2.20. The van der Waals surface area contributed by atoms with Crippen LogP contribution in [-0.4, -0.2) is 57.1 Å². The Morgan fingerprint density at radius 3 is 2.62 bits per heavy atom. The number of rotatable bonds is 5. The van der Waals surface area contributed by atoms with Crippen molar-refractivity contribution in [3.63, 3.8) is 0 Å². The number of benzene rings is 1. The minimum absolute atomic E-state index is 0.0466. The molecular weight excluding hydrogens is 390 g/mol. The fourth-order valence-electron chi connectivity index (χ4n) is 4.00. The molecule has 1 fully saturated rings. The molecule has 2 heterocycles. The summed E-state index contributed by atoms with van der Waals surface area (Å²) in [6.45, 7) is 7.21. The molecule has 3 rings (SSSR count). The van der Waals surface area contributed by atoms with E-state index in [1.54, 1.807) is 4.90 Å². The number of fused-ring (bicyclic) bond motifs is 1. The quantitative estimate of drug-likeness (QED) is 0.785. The minimum Gasteiger partial charge on any atom is -0.355 e. The predicted molar refractivity (Wildman–Crippen MR) is 113 cm³/mol. The molecule has 2 aliphatic heterocycles. The van der Waals surface area contributed by atoms with E-state index in [0.717, 1.165) is 17.7 Å². The van der Waals surface area contributed by atoms with Crippen molar-refractivity contribution < 1.29 is 18.0 Å². The molecule has 7 nitrogen and oxygen atoms in total. The maximum atomic E-state index is 12.7. The lowest BCUT2D eigenvalue weighted by Crippen LogP contribution is -2.49. The van der Waals surface area contributed by atoms with Gasteiger partial charge in [-0.05, 0) is 30.9 Å². The molecule has 2 amide bonds. The topological polar surface area (TPSA) is 86.8 Å². The standard InChI is InChI=1S/C21H31N3O4S/c1-21(2,3)20(26)23-12-6-8-17(15-23)19(25)22-11-14-29(27,28)24-13-10-16-7-4-5-9-18(16)24/h4-5,7,9,17H,6,8,10-15H2,1-3H3,(H,22,25). The van der Waals surface area contributed by atoms with E-state index in [-0.39, 0.29) is 30.0 Å². The number of anilines is 1. The minimum atomic E-state index is -3.49. The van der Waals surface area contributed by atoms with E-state index in [4.69, 9.17) is 0 Å². The first-order chi connectivity index (χ1) is 13.6. The molecule has 0 radical (unpaired) electrons. The molecule has 160 valence electrons. The summed E-state index contributed by atoms with van der Waals surface area (Å²) in [5, 5.41) is 2.77. The second-order valence-electron chi connectivity index (χ2n) is 8.90. The largest absolute Gasteiger partial charge is 0.355 e. The lowest BCUT2D eigenvalue weighted by molar-refractivity contribution is -0.142. The van der Waals surface area contributed by atoms with Gasteiger partial charge in [0.2, 0.25) is 21.8 Å². The third-order valence-electron chi connectivity index (χ3n) is 5.56. The summed E-state index contributed by atoms with van der Waals surface area (Å²) in [5.74, 6) is -0.547. The monoisotopic (exact) mass is 421 g/mol. The molecular formula is C21H31N3O4S. The Kier molecular flexibility index (Phi) is 6.22. The van der Waals surface area contributed by atoms with Crippen LogP contribution in [0.25, 0.3) is 0 Å². The van der Waals surface area contributed by atoms with Crippen LogP contribution in [0.1, 0.15) is 39.2 Å². The summed E-state index contributed by atoms with van der Waals surface area (Å²) in [6, 6.07) is 7.51. The van der Waals surface area contributed by atoms with Crippen LogP contribution < -0.4 is 9.62 Å². The Balaban J connectivity index is 1.53. The predicted octanol–water partition coefficient (Wildman–Crippen LogP) is 1.78. The van der Waals surface area contributed by atoms with E-state index < -0.39 is 15.4 Å². The zero-order valence-corrected chi connectivity index (χ0v) is 18.3. The molecule has 0 saturated carbocycles. The van der Waals surface area contributed by atoms with Gasteiger partial charge in [-0.25, -0.2) is 8.42 Å². The average molecular weight is 422 g/mol. The normalized spacial score (nSPS) is 19.8. The molecule has 2 aliphatic rings. The number of hydrogen-bond acceptors (Lipinski definition) is 4. The molecule has 0 aliphatic carbocycles. The summed E-state index contributed by atoms with van der Waals surface area (Å²) in [4.78, 5) is 26.8. The van der Waals surface area contributed by atoms with Crippen molar-refractivity contribution in [3.8, 4) is 0 Å². The molecule has 0 aromatic heterocycles. The molecule has 1 saturated heterocycles. The van der Waals surface area contributed by atoms with Gasteiger partial charge in [-0.3, -0.25) is 13.9 Å². The Labute approximate surface area is 173 Å². The Morgan fingerprint density at radius 2 is 1.90 bits per heavy atom. The van der Waals surface area contributed by atoms with Gasteiger partial charge >= 0.3 is 0 Å². The second-order valence-corrected chi connectivity index (χ2v) is 10.9. The number of likely N-dealkylation sites (tertiary alicyclic amines) is 1. The number of amides is 2. The van der Waals surface area contributed by atoms with Gasteiger partial charge in [-0.15, -0.1) is 0 Å². The molecule has 1 aromatic rings. The molecule has 1 atom stereocenters. The highest BCUT2D eigenvalue weighted by atomic mass is 32.2. The van der Waals surface area contributed by atoms with Crippen molar-refractivity contribution in [2.45, 2.75) is 40.0 Å². The van der Waals surface area contributed by atoms with Gasteiger partial charge in [0.15, 0.2) is 0 Å². The van der Waals surface area contributed by atoms with Gasteiger partial charge in [0.05, 0.1) is 17.4 Å². The van der Waals surface area contributed by atoms with Gasteiger partial charge in [0.25, 0.3) is 0 Å². The zero-order valence-electron chi connectivity index (χ0n) is 17.5. The van der Waals surface area contributed by atoms with Gasteiger partial charge < -0.3 is 10.2 Å². The summed E-state index contributed by atoms with van der Waals surface area (Å²) in [5.41, 5.74) is 1.30. The van der Waals surface area contributed by atoms with Crippen LogP contribution in [0.4, 0.5) is 5.69 Å². The Hall–Kier alpha value is -2.09. The number of nitrogens with one attached hydrogen (secondary N) is 1. The molecule has 8 heteroatoms. The van der Waals surface area contributed by atoms with Crippen LogP contribution in [0.5, 0.6) is 0 Å². The molecule has 1 N–H and O–H groups in total. The maximum absolute atomic E-state index is 12.7. The summed E-state index contributed by atoms with van der Waals surface area (Å²) in [7, 11) is -3.49. The lowest BCUT2D eigenvalue weighted by atomic mass is 9.91. The van der Waals surface area contributed by atoms with Gasteiger partial charge in [0.1, 0.15) is 0 Å². The summed E-state index contributed by atoms with van der Waals surface area (Å²) < 4.78 is 26.9. The van der Waals surface area contributed by atoms with Crippen molar-refractivity contribution in [2.24, 2.45) is 11.3 Å². The second kappa shape index (κ2) is 8.34. The van der Waals surface area contributed by atoms with Crippen molar-refractivity contribution in [3.05, 3.63) is 29.8 Å². The first-order valence-corrected chi connectivity index (χ1v) is 11.9. The fraction of sp³-hybridized carbons (Fsp3) is 0.619. The first kappa shape index (κ1) is 21.6. The lowest BCUT2D eigenvalue weighted by Gasteiger charge is -2.35. The average Bonchev–Trinajstić information content (AvgIpc) is 3.11. The maximum Gasteiger partial charge on any atom is 0.236 e. The number of carbonyl (C=O) groups is 2. The van der Waals surface area contributed by atoms with Crippen molar-refractivity contribution in [1.82, 2.24) is 10.2 Å². The Bertz CT molecular complexity index is 876. The van der Waals surface area contributed by atoms with Crippen LogP contribution >= 0.6 is 0 Å². The van der Waals surface area contributed by atoms with Gasteiger partial charge in [-0.2, -0.15) is 0 Å². The van der Waals surface area contributed by atoms with E-state index in [1.165, 1.54) is 4.31 Å². The van der Waals surface area contributed by atoms with E-state index in [0.29, 0.717) is 32.5 Å². The number of sulfonamides is 1. The number of piperidine rings is 1. The van der Waals surface area contributed by atoms with Crippen LogP contribution in [0, 0.1) is 11.3 Å². The highest BCUT2D eigenvalue weighted by molar-refractivity contribution is 7.92. The third kappa shape index (κ3) is 4.91. The first-order valence-electron chi connectivity index (χ1n) is 10.2. The highest BCUT2D eigenvalue weighted by Gasteiger charge is 2.34. The Morgan fingerprint density at radius 1 is 1.17 bits per heavy atom. The van der Waals surface area contributed by atoms with Crippen LogP contribution in [0.15, 0.2) is 24.3 Å². The van der Waals surface area contributed by atoms with Crippen molar-refractivity contribution >= 4 is 27.5 Å². The SMILES string of the molecule is CC(C)(C)C(=O)N1CCCC(C(=O)NCCS(=O)(=O)N2CCc3ccccc32)C1. The van der Waals surface area contributed by atoms with Crippen molar-refractivity contribution in [2.75, 3.05) is 36.2 Å². The van der Waals surface area contributed by atoms with Gasteiger partial charge in [-0.1, -0.05) is 39.0 Å². The number of carbonyl (C=O) groups excluding carboxylic acids is 2. The van der Waals surface area contributed by atoms with Crippen LogP contribution in [0.3, 0.4) is 0 Å². The molecule has 0 bridgehead atoms. The molecule has 1 aromatic carbocycles. The van der Waals surface area contributed by atoms with Crippen molar-refractivity contribution in [1.29, 1.82) is 0 Å². The number of hydrogen-bond donors (Lipinski definition) is 1. The zero-order chi connectivity index (χ0) is 21.2. The van der Waals surface area contributed by atoms with Crippen LogP contribution in [0.2, 0.25) is 0 Å². The highest BCUT2D eigenvalue weighted by Crippen LogP contribution is 2.30. The van der Waals surface area contributed by atoms with E-state index in [2.05, 4.69) is 5.32 Å². The molecule has 29 heavy (non-hydrogen) atoms. The smallest absolute Gasteiger partial charge is 0.236 e. The third-order valence-corrected chi connectivity index (χ3v) is 7.33. The fourth-order valence-corrected chi connectivity index (χ4v) is 5.43. The molecule has 1 unspecified atom stereocenters.